The third kappa shape index (κ3) is 2.61. The van der Waals surface area contributed by atoms with Gasteiger partial charge in [-0.3, -0.25) is 5.84 Å². The predicted octanol–water partition coefficient (Wildman–Crippen LogP) is 3.90. The molecule has 0 radical (unpaired) electrons. The van der Waals surface area contributed by atoms with Crippen LogP contribution in [-0.4, -0.2) is 0 Å². The van der Waals surface area contributed by atoms with Gasteiger partial charge in [-0.15, -0.1) is 0 Å². The van der Waals surface area contributed by atoms with Gasteiger partial charge in [-0.05, 0) is 58.6 Å². The second-order valence-corrected chi connectivity index (χ2v) is 5.50. The van der Waals surface area contributed by atoms with E-state index in [1.165, 1.54) is 12.1 Å². The van der Waals surface area contributed by atoms with E-state index in [-0.39, 0.29) is 10.0 Å². The Morgan fingerprint density at radius 3 is 2.50 bits per heavy atom. The van der Waals surface area contributed by atoms with Crippen molar-refractivity contribution < 1.29 is 8.78 Å². The molecule has 0 bridgehead atoms. The maximum Gasteiger partial charge on any atom is 0.145 e. The highest BCUT2D eigenvalue weighted by Crippen LogP contribution is 2.32. The lowest BCUT2D eigenvalue weighted by molar-refractivity contribution is 0.506. The molecule has 0 spiro atoms. The molecule has 0 aliphatic carbocycles. The van der Waals surface area contributed by atoms with Crippen LogP contribution < -0.4 is 11.3 Å². The predicted molar refractivity (Wildman–Crippen MR) is 79.1 cm³/mol. The van der Waals surface area contributed by atoms with E-state index in [1.807, 2.05) is 32.0 Å². The van der Waals surface area contributed by atoms with Gasteiger partial charge in [0.25, 0.3) is 0 Å². The third-order valence-corrected chi connectivity index (χ3v) is 4.10. The van der Waals surface area contributed by atoms with Crippen LogP contribution in [0.2, 0.25) is 0 Å². The lowest BCUT2D eigenvalue weighted by atomic mass is 9.92. The number of hydrogen-bond acceptors (Lipinski definition) is 2. The molecular weight excluding hydrogens is 326 g/mol. The van der Waals surface area contributed by atoms with Crippen molar-refractivity contribution in [2.24, 2.45) is 5.84 Å². The van der Waals surface area contributed by atoms with Crippen molar-refractivity contribution in [3.8, 4) is 0 Å². The SMILES string of the molecule is Cc1cccc(C(NN)c2c(F)ccc(Br)c2F)c1C. The summed E-state index contributed by atoms with van der Waals surface area (Å²) >= 11 is 3.07. The van der Waals surface area contributed by atoms with Crippen molar-refractivity contribution in [2.45, 2.75) is 19.9 Å². The van der Waals surface area contributed by atoms with Crippen LogP contribution in [0.4, 0.5) is 8.78 Å². The van der Waals surface area contributed by atoms with E-state index in [4.69, 9.17) is 5.84 Å². The third-order valence-electron chi connectivity index (χ3n) is 3.49. The molecule has 2 rings (SSSR count). The molecule has 0 aliphatic rings. The summed E-state index contributed by atoms with van der Waals surface area (Å²) in [7, 11) is 0. The fourth-order valence-electron chi connectivity index (χ4n) is 2.22. The number of hydrogen-bond donors (Lipinski definition) is 2. The first-order valence-electron chi connectivity index (χ1n) is 6.13. The first-order chi connectivity index (χ1) is 9.47. The molecule has 0 amide bonds. The van der Waals surface area contributed by atoms with Gasteiger partial charge in [-0.2, -0.15) is 0 Å². The molecule has 1 unspecified atom stereocenters. The molecule has 0 aromatic heterocycles. The molecule has 0 fully saturated rings. The van der Waals surface area contributed by atoms with E-state index in [0.29, 0.717) is 0 Å². The van der Waals surface area contributed by atoms with E-state index in [9.17, 15) is 8.78 Å². The first kappa shape index (κ1) is 15.1. The number of aryl methyl sites for hydroxylation is 1. The van der Waals surface area contributed by atoms with Crippen LogP contribution in [0.1, 0.15) is 28.3 Å². The minimum atomic E-state index is -0.743. The molecule has 20 heavy (non-hydrogen) atoms. The monoisotopic (exact) mass is 340 g/mol. The van der Waals surface area contributed by atoms with Gasteiger partial charge in [0.05, 0.1) is 10.5 Å². The molecular formula is C15H15BrF2N2. The van der Waals surface area contributed by atoms with Crippen molar-refractivity contribution in [1.29, 1.82) is 0 Å². The van der Waals surface area contributed by atoms with Crippen LogP contribution in [-0.2, 0) is 0 Å². The van der Waals surface area contributed by atoms with E-state index in [0.717, 1.165) is 16.7 Å². The van der Waals surface area contributed by atoms with Gasteiger partial charge in [0.15, 0.2) is 0 Å². The van der Waals surface area contributed by atoms with E-state index in [2.05, 4.69) is 21.4 Å². The highest BCUT2D eigenvalue weighted by molar-refractivity contribution is 9.10. The van der Waals surface area contributed by atoms with Crippen LogP contribution in [0.25, 0.3) is 0 Å². The zero-order valence-corrected chi connectivity index (χ0v) is 12.8. The smallest absolute Gasteiger partial charge is 0.145 e. The van der Waals surface area contributed by atoms with Crippen molar-refractivity contribution in [3.63, 3.8) is 0 Å². The highest BCUT2D eigenvalue weighted by atomic mass is 79.9. The number of halogens is 3. The Hall–Kier alpha value is -1.30. The van der Waals surface area contributed by atoms with E-state index in [1.54, 1.807) is 0 Å². The van der Waals surface area contributed by atoms with Crippen LogP contribution in [0.3, 0.4) is 0 Å². The van der Waals surface area contributed by atoms with Crippen molar-refractivity contribution >= 4 is 15.9 Å². The van der Waals surface area contributed by atoms with Crippen molar-refractivity contribution in [2.75, 3.05) is 0 Å². The quantitative estimate of drug-likeness (QED) is 0.505. The largest absolute Gasteiger partial charge is 0.271 e. The summed E-state index contributed by atoms with van der Waals surface area (Å²) in [5, 5.41) is 0. The summed E-state index contributed by atoms with van der Waals surface area (Å²) in [4.78, 5) is 0. The Morgan fingerprint density at radius 2 is 1.85 bits per heavy atom. The highest BCUT2D eigenvalue weighted by Gasteiger charge is 2.24. The second kappa shape index (κ2) is 5.99. The van der Waals surface area contributed by atoms with Crippen LogP contribution in [0.15, 0.2) is 34.8 Å². The minimum Gasteiger partial charge on any atom is -0.271 e. The normalized spacial score (nSPS) is 12.5. The lowest BCUT2D eigenvalue weighted by Gasteiger charge is -2.21. The number of nitrogens with two attached hydrogens (primary N) is 1. The van der Waals surface area contributed by atoms with Gasteiger partial charge >= 0.3 is 0 Å². The summed E-state index contributed by atoms with van der Waals surface area (Å²) in [5.74, 6) is 4.27. The molecule has 2 aromatic rings. The second-order valence-electron chi connectivity index (χ2n) is 4.65. The molecule has 2 aromatic carbocycles. The van der Waals surface area contributed by atoms with Crippen LogP contribution in [0.5, 0.6) is 0 Å². The van der Waals surface area contributed by atoms with Crippen molar-refractivity contribution in [1.82, 2.24) is 5.43 Å². The fraction of sp³-hybridized carbons (Fsp3) is 0.200. The topological polar surface area (TPSA) is 38.0 Å². The summed E-state index contributed by atoms with van der Waals surface area (Å²) in [6.45, 7) is 3.85. The Bertz CT molecular complexity index is 644. The van der Waals surface area contributed by atoms with Gasteiger partial charge in [0.2, 0.25) is 0 Å². The number of hydrazine groups is 1. The fourth-order valence-corrected chi connectivity index (χ4v) is 2.57. The summed E-state index contributed by atoms with van der Waals surface area (Å²) in [5.41, 5.74) is 5.17. The average molecular weight is 341 g/mol. The summed E-state index contributed by atoms with van der Waals surface area (Å²) in [6.07, 6.45) is 0. The molecule has 106 valence electrons. The molecule has 0 heterocycles. The Morgan fingerprint density at radius 1 is 1.15 bits per heavy atom. The minimum absolute atomic E-state index is 0.0874. The zero-order valence-electron chi connectivity index (χ0n) is 11.2. The zero-order chi connectivity index (χ0) is 14.9. The molecule has 5 heteroatoms. The van der Waals surface area contributed by atoms with Gasteiger partial charge in [-0.1, -0.05) is 18.2 Å². The molecule has 0 saturated heterocycles. The lowest BCUT2D eigenvalue weighted by Crippen LogP contribution is -2.31. The Kier molecular flexibility index (Phi) is 4.52. The Labute approximate surface area is 125 Å². The van der Waals surface area contributed by atoms with Gasteiger partial charge in [-0.25, -0.2) is 14.2 Å². The van der Waals surface area contributed by atoms with Gasteiger partial charge < -0.3 is 0 Å². The first-order valence-corrected chi connectivity index (χ1v) is 6.92. The van der Waals surface area contributed by atoms with E-state index < -0.39 is 17.7 Å². The maximum absolute atomic E-state index is 14.2. The molecule has 2 nitrogen and oxygen atoms in total. The molecule has 0 aliphatic heterocycles. The average Bonchev–Trinajstić information content (AvgIpc) is 2.43. The summed E-state index contributed by atoms with van der Waals surface area (Å²) in [6, 6.07) is 7.41. The van der Waals surface area contributed by atoms with Gasteiger partial charge in [0.1, 0.15) is 11.6 Å². The number of nitrogens with one attached hydrogen (secondary N) is 1. The van der Waals surface area contributed by atoms with Gasteiger partial charge in [0, 0.05) is 5.56 Å². The molecule has 3 N–H and O–H groups in total. The van der Waals surface area contributed by atoms with Crippen LogP contribution in [0, 0.1) is 25.5 Å². The molecule has 0 saturated carbocycles. The number of rotatable bonds is 3. The summed E-state index contributed by atoms with van der Waals surface area (Å²) < 4.78 is 28.5. The van der Waals surface area contributed by atoms with E-state index >= 15 is 0 Å². The maximum atomic E-state index is 14.2. The Balaban J connectivity index is 2.65. The van der Waals surface area contributed by atoms with Crippen molar-refractivity contribution in [3.05, 3.63) is 68.7 Å². The molecule has 1 atom stereocenters. The number of benzene rings is 2. The van der Waals surface area contributed by atoms with Crippen LogP contribution >= 0.6 is 15.9 Å². The standard InChI is InChI=1S/C15H15BrF2N2/c1-8-4-3-5-10(9(8)2)15(20-19)13-12(17)7-6-11(16)14(13)18/h3-7,15,20H,19H2,1-2H3.